The summed E-state index contributed by atoms with van der Waals surface area (Å²) in [6, 6.07) is 22.3. The van der Waals surface area contributed by atoms with Crippen molar-refractivity contribution in [3.63, 3.8) is 0 Å². The second-order valence-electron chi connectivity index (χ2n) is 9.02. The number of rotatable bonds is 9. The quantitative estimate of drug-likeness (QED) is 0.118. The lowest BCUT2D eigenvalue weighted by molar-refractivity contribution is -0.384. The fraction of sp³-hybridized carbons (Fsp3) is 0.143. The van der Waals surface area contributed by atoms with Gasteiger partial charge in [-0.2, -0.15) is 0 Å². The highest BCUT2D eigenvalue weighted by Gasteiger charge is 2.29. The first-order valence-electron chi connectivity index (χ1n) is 12.0. The molecule has 0 fully saturated rings. The van der Waals surface area contributed by atoms with E-state index in [1.54, 1.807) is 18.2 Å². The van der Waals surface area contributed by atoms with E-state index in [4.69, 9.17) is 4.74 Å². The molecule has 1 atom stereocenters. The summed E-state index contributed by atoms with van der Waals surface area (Å²) < 4.78 is 53.5. The molecule has 5 rings (SSSR count). The van der Waals surface area contributed by atoms with Crippen LogP contribution < -0.4 is 9.04 Å². The lowest BCUT2D eigenvalue weighted by Gasteiger charge is -2.27. The van der Waals surface area contributed by atoms with E-state index < -0.39 is 27.7 Å². The van der Waals surface area contributed by atoms with E-state index in [-0.39, 0.29) is 22.8 Å². The number of sulfonamides is 1. The van der Waals surface area contributed by atoms with Crippen LogP contribution in [0.4, 0.5) is 15.8 Å². The van der Waals surface area contributed by atoms with Crippen molar-refractivity contribution in [3.8, 4) is 5.75 Å². The molecule has 40 heavy (non-hydrogen) atoms. The Labute approximate surface area is 246 Å². The summed E-state index contributed by atoms with van der Waals surface area (Å²) >= 11 is 7.01. The van der Waals surface area contributed by atoms with E-state index in [1.807, 2.05) is 41.0 Å². The standard InChI is InChI=1S/C28H22Br2FN3O5S/c1-39-23-4-2-3-22(15-23)33(40(37,38)24-9-7-21(8-10-24)34(35)36)17-20(31)16-32-27-11-5-18(29)13-25(27)26-14-19(30)6-12-28(26)32/h2-15,20H,16-17H2,1H3. The van der Waals surface area contributed by atoms with Gasteiger partial charge in [-0.15, -0.1) is 0 Å². The SMILES string of the molecule is COc1cccc(N(CC(F)Cn2c3ccc(Br)cc3c3cc(Br)ccc32)S(=O)(=O)c2ccc([N+](=O)[O-])cc2)c1. The Balaban J connectivity index is 1.55. The zero-order valence-electron chi connectivity index (χ0n) is 21.0. The second kappa shape index (κ2) is 11.2. The molecule has 0 amide bonds. The molecule has 0 aliphatic carbocycles. The van der Waals surface area contributed by atoms with Crippen LogP contribution in [-0.4, -0.2) is 37.7 Å². The number of ether oxygens (including phenoxy) is 1. The van der Waals surface area contributed by atoms with E-state index in [1.165, 1.54) is 13.2 Å². The average molecular weight is 691 g/mol. The monoisotopic (exact) mass is 689 g/mol. The molecule has 8 nitrogen and oxygen atoms in total. The highest BCUT2D eigenvalue weighted by atomic mass is 79.9. The zero-order chi connectivity index (χ0) is 28.6. The smallest absolute Gasteiger partial charge is 0.269 e. The van der Waals surface area contributed by atoms with Gasteiger partial charge in [-0.25, -0.2) is 12.8 Å². The molecule has 1 aromatic heterocycles. The van der Waals surface area contributed by atoms with Crippen molar-refractivity contribution in [2.45, 2.75) is 17.6 Å². The fourth-order valence-electron chi connectivity index (χ4n) is 4.66. The van der Waals surface area contributed by atoms with Crippen LogP contribution in [0.5, 0.6) is 5.75 Å². The van der Waals surface area contributed by atoms with Gasteiger partial charge in [-0.1, -0.05) is 37.9 Å². The third kappa shape index (κ3) is 5.43. The molecule has 0 aliphatic rings. The highest BCUT2D eigenvalue weighted by molar-refractivity contribution is 9.10. The van der Waals surface area contributed by atoms with Gasteiger partial charge in [-0.3, -0.25) is 14.4 Å². The number of anilines is 1. The first-order chi connectivity index (χ1) is 19.1. The van der Waals surface area contributed by atoms with Crippen molar-refractivity contribution in [1.82, 2.24) is 4.57 Å². The lowest BCUT2D eigenvalue weighted by atomic mass is 10.2. The van der Waals surface area contributed by atoms with Crippen LogP contribution in [0.3, 0.4) is 0 Å². The second-order valence-corrected chi connectivity index (χ2v) is 12.7. The third-order valence-corrected chi connectivity index (χ3v) is 9.30. The number of methoxy groups -OCH3 is 1. The zero-order valence-corrected chi connectivity index (χ0v) is 25.0. The topological polar surface area (TPSA) is 94.7 Å². The lowest BCUT2D eigenvalue weighted by Crippen LogP contribution is -2.37. The summed E-state index contributed by atoms with van der Waals surface area (Å²) in [5, 5.41) is 12.9. The summed E-state index contributed by atoms with van der Waals surface area (Å²) in [7, 11) is -2.85. The Morgan fingerprint density at radius 2 is 1.55 bits per heavy atom. The first kappa shape index (κ1) is 28.1. The Morgan fingerprint density at radius 3 is 2.10 bits per heavy atom. The fourth-order valence-corrected chi connectivity index (χ4v) is 6.86. The molecule has 12 heteroatoms. The van der Waals surface area contributed by atoms with Crippen LogP contribution in [-0.2, 0) is 16.6 Å². The van der Waals surface area contributed by atoms with Gasteiger partial charge in [0.2, 0.25) is 0 Å². The molecule has 206 valence electrons. The molecule has 1 unspecified atom stereocenters. The van der Waals surface area contributed by atoms with Gasteiger partial charge in [0, 0.05) is 49.0 Å². The summed E-state index contributed by atoms with van der Waals surface area (Å²) in [4.78, 5) is 10.3. The van der Waals surface area contributed by atoms with Crippen molar-refractivity contribution in [2.75, 3.05) is 18.0 Å². The number of halogens is 3. The van der Waals surface area contributed by atoms with Crippen LogP contribution in [0.1, 0.15) is 0 Å². The molecule has 0 N–H and O–H groups in total. The molecular weight excluding hydrogens is 669 g/mol. The van der Waals surface area contributed by atoms with Crippen LogP contribution in [0.15, 0.2) is 98.8 Å². The van der Waals surface area contributed by atoms with Crippen LogP contribution in [0.25, 0.3) is 21.8 Å². The molecule has 1 heterocycles. The predicted molar refractivity (Wildman–Crippen MR) is 160 cm³/mol. The molecular formula is C28H22Br2FN3O5S. The summed E-state index contributed by atoms with van der Waals surface area (Å²) in [5.41, 5.74) is 1.57. The van der Waals surface area contributed by atoms with Gasteiger partial charge < -0.3 is 9.30 Å². The number of benzene rings is 4. The minimum Gasteiger partial charge on any atom is -0.497 e. The maximum atomic E-state index is 16.0. The normalized spacial score (nSPS) is 12.5. The largest absolute Gasteiger partial charge is 0.497 e. The Hall–Kier alpha value is -3.48. The van der Waals surface area contributed by atoms with Gasteiger partial charge in [0.25, 0.3) is 15.7 Å². The molecule has 0 saturated carbocycles. The molecule has 0 bridgehead atoms. The molecule has 0 aliphatic heterocycles. The van der Waals surface area contributed by atoms with Crippen molar-refractivity contribution < 1.29 is 22.5 Å². The number of aromatic nitrogens is 1. The number of fused-ring (bicyclic) bond motifs is 3. The van der Waals surface area contributed by atoms with Crippen molar-refractivity contribution in [3.05, 3.63) is 104 Å². The van der Waals surface area contributed by atoms with Crippen LogP contribution >= 0.6 is 31.9 Å². The van der Waals surface area contributed by atoms with Crippen LogP contribution in [0.2, 0.25) is 0 Å². The number of alkyl halides is 1. The highest BCUT2D eigenvalue weighted by Crippen LogP contribution is 2.34. The summed E-state index contributed by atoms with van der Waals surface area (Å²) in [5.74, 6) is 0.398. The number of hydrogen-bond donors (Lipinski definition) is 0. The Kier molecular flexibility index (Phi) is 7.85. The molecule has 0 saturated heterocycles. The average Bonchev–Trinajstić information content (AvgIpc) is 3.23. The van der Waals surface area contributed by atoms with Crippen molar-refractivity contribution in [2.24, 2.45) is 0 Å². The van der Waals surface area contributed by atoms with E-state index in [2.05, 4.69) is 31.9 Å². The maximum absolute atomic E-state index is 16.0. The molecule has 0 spiro atoms. The predicted octanol–water partition coefficient (Wildman–Crippen LogP) is 7.47. The van der Waals surface area contributed by atoms with Gasteiger partial charge in [-0.05, 0) is 60.7 Å². The molecule has 4 aromatic carbocycles. The Bertz CT molecular complexity index is 1790. The third-order valence-electron chi connectivity index (χ3n) is 6.51. The Morgan fingerprint density at radius 1 is 0.950 bits per heavy atom. The van der Waals surface area contributed by atoms with Gasteiger partial charge in [0.05, 0.1) is 35.7 Å². The van der Waals surface area contributed by atoms with Gasteiger partial charge in [0.1, 0.15) is 11.9 Å². The van der Waals surface area contributed by atoms with Crippen LogP contribution in [0, 0.1) is 10.1 Å². The summed E-state index contributed by atoms with van der Waals surface area (Å²) in [6.45, 7) is -0.611. The number of nitrogens with zero attached hydrogens (tertiary/aromatic N) is 3. The first-order valence-corrected chi connectivity index (χ1v) is 15.0. The summed E-state index contributed by atoms with van der Waals surface area (Å²) in [6.07, 6.45) is -1.62. The molecule has 5 aromatic rings. The van der Waals surface area contributed by atoms with Crippen molar-refractivity contribution >= 4 is 75.1 Å². The van der Waals surface area contributed by atoms with Gasteiger partial charge >= 0.3 is 0 Å². The van der Waals surface area contributed by atoms with E-state index in [0.717, 1.165) is 59.3 Å². The number of nitro benzene ring substituents is 1. The maximum Gasteiger partial charge on any atom is 0.269 e. The number of nitro groups is 1. The molecule has 0 radical (unpaired) electrons. The van der Waals surface area contributed by atoms with E-state index in [0.29, 0.717) is 5.75 Å². The minimum atomic E-state index is -4.30. The number of hydrogen-bond acceptors (Lipinski definition) is 5. The van der Waals surface area contributed by atoms with E-state index >= 15 is 4.39 Å². The number of non-ortho nitro benzene ring substituents is 1. The van der Waals surface area contributed by atoms with Crippen molar-refractivity contribution in [1.29, 1.82) is 0 Å². The minimum absolute atomic E-state index is 0.112. The van der Waals surface area contributed by atoms with Gasteiger partial charge in [0.15, 0.2) is 0 Å². The van der Waals surface area contributed by atoms with E-state index in [9.17, 15) is 18.5 Å².